The van der Waals surface area contributed by atoms with E-state index in [0.717, 1.165) is 62.5 Å². The van der Waals surface area contributed by atoms with Crippen LogP contribution in [0.2, 0.25) is 5.02 Å². The Morgan fingerprint density at radius 2 is 2.00 bits per heavy atom. The van der Waals surface area contributed by atoms with E-state index in [0.29, 0.717) is 16.3 Å². The van der Waals surface area contributed by atoms with E-state index >= 15 is 0 Å². The molecule has 1 aromatic heterocycles. The quantitative estimate of drug-likeness (QED) is 0.363. The molecule has 0 spiro atoms. The first-order chi connectivity index (χ1) is 15.5. The number of aromatic nitrogens is 2. The van der Waals surface area contributed by atoms with Gasteiger partial charge in [0, 0.05) is 46.6 Å². The average Bonchev–Trinajstić information content (AvgIpc) is 3.40. The molecule has 2 aromatic carbocycles. The van der Waals surface area contributed by atoms with Crippen LogP contribution in [0, 0.1) is 3.57 Å². The summed E-state index contributed by atoms with van der Waals surface area (Å²) < 4.78 is 1.08. The van der Waals surface area contributed by atoms with Gasteiger partial charge in [-0.3, -0.25) is 9.89 Å². The summed E-state index contributed by atoms with van der Waals surface area (Å²) in [5, 5.41) is 9.67. The van der Waals surface area contributed by atoms with Gasteiger partial charge in [0.15, 0.2) is 5.17 Å². The van der Waals surface area contributed by atoms with E-state index in [-0.39, 0.29) is 5.91 Å². The van der Waals surface area contributed by atoms with Crippen LogP contribution in [0.15, 0.2) is 52.5 Å². The number of halogens is 2. The first-order valence-electron chi connectivity index (χ1n) is 10.3. The van der Waals surface area contributed by atoms with Gasteiger partial charge in [-0.1, -0.05) is 23.7 Å². The van der Waals surface area contributed by atoms with Gasteiger partial charge in [-0.05, 0) is 82.4 Å². The van der Waals surface area contributed by atoms with E-state index in [9.17, 15) is 4.79 Å². The minimum Gasteiger partial charge on any atom is -0.348 e. The molecule has 32 heavy (non-hydrogen) atoms. The first-order valence-corrected chi connectivity index (χ1v) is 12.6. The highest BCUT2D eigenvalue weighted by Gasteiger charge is 2.31. The van der Waals surface area contributed by atoms with Crippen molar-refractivity contribution >= 4 is 73.5 Å². The number of thioether (sulfide) groups is 1. The number of rotatable bonds is 3. The number of carbonyl (C=O) groups excluding carboxylic acids is 1. The van der Waals surface area contributed by atoms with Crippen molar-refractivity contribution in [2.24, 2.45) is 4.99 Å². The standard InChI is InChI=1S/C23H21ClIN5OS/c1-29-6-8-30(9-7-29)23-27-22(31)21(32-23)18(11-15-2-4-17(24)12-19(15)25)14-3-5-20-16(10-14)13-26-28-20/h2-5,10,12-13H,6-9,11H2,1H3,(H,26,28). The molecule has 1 saturated heterocycles. The normalized spacial score (nSPS) is 19.0. The molecule has 3 heterocycles. The molecular weight excluding hydrogens is 557 g/mol. The van der Waals surface area contributed by atoms with Crippen LogP contribution in [0.3, 0.4) is 0 Å². The first kappa shape index (κ1) is 21.9. The number of amides is 1. The molecule has 6 nitrogen and oxygen atoms in total. The molecule has 164 valence electrons. The Kier molecular flexibility index (Phi) is 6.28. The van der Waals surface area contributed by atoms with E-state index in [2.05, 4.69) is 60.7 Å². The van der Waals surface area contributed by atoms with Crippen molar-refractivity contribution < 1.29 is 4.79 Å². The van der Waals surface area contributed by atoms with Gasteiger partial charge in [-0.2, -0.15) is 10.1 Å². The van der Waals surface area contributed by atoms with Crippen LogP contribution in [0.25, 0.3) is 16.5 Å². The third-order valence-corrected chi connectivity index (χ3v) is 8.20. The van der Waals surface area contributed by atoms with Gasteiger partial charge in [0.1, 0.15) is 0 Å². The van der Waals surface area contributed by atoms with Crippen molar-refractivity contribution in [1.29, 1.82) is 0 Å². The predicted octanol–water partition coefficient (Wildman–Crippen LogP) is 4.65. The summed E-state index contributed by atoms with van der Waals surface area (Å²) >= 11 is 9.98. The number of benzene rings is 2. The molecule has 2 aliphatic rings. The number of carbonyl (C=O) groups is 1. The van der Waals surface area contributed by atoms with Gasteiger partial charge in [0.05, 0.1) is 16.6 Å². The predicted molar refractivity (Wildman–Crippen MR) is 140 cm³/mol. The molecule has 1 amide bonds. The molecule has 0 bridgehead atoms. The van der Waals surface area contributed by atoms with E-state index in [4.69, 9.17) is 11.6 Å². The van der Waals surface area contributed by atoms with Gasteiger partial charge in [0.2, 0.25) is 0 Å². The molecule has 9 heteroatoms. The summed E-state index contributed by atoms with van der Waals surface area (Å²) in [5.41, 5.74) is 4.09. The highest BCUT2D eigenvalue weighted by molar-refractivity contribution is 14.1. The third kappa shape index (κ3) is 4.46. The van der Waals surface area contributed by atoms with Crippen LogP contribution >= 0.6 is 46.0 Å². The van der Waals surface area contributed by atoms with Crippen molar-refractivity contribution in [3.05, 3.63) is 67.2 Å². The maximum absolute atomic E-state index is 13.1. The van der Waals surface area contributed by atoms with E-state index in [1.54, 1.807) is 0 Å². The molecule has 0 radical (unpaired) electrons. The lowest BCUT2D eigenvalue weighted by Crippen LogP contribution is -2.46. The molecule has 0 atom stereocenters. The minimum absolute atomic E-state index is 0.157. The van der Waals surface area contributed by atoms with Crippen molar-refractivity contribution in [3.63, 3.8) is 0 Å². The van der Waals surface area contributed by atoms with Crippen molar-refractivity contribution in [2.45, 2.75) is 6.42 Å². The summed E-state index contributed by atoms with van der Waals surface area (Å²) in [6, 6.07) is 12.0. The summed E-state index contributed by atoms with van der Waals surface area (Å²) in [7, 11) is 2.12. The number of aliphatic imine (C=N–C) groups is 1. The number of aromatic amines is 1. The molecule has 0 unspecified atom stereocenters. The second kappa shape index (κ2) is 9.17. The number of hydrogen-bond acceptors (Lipinski definition) is 5. The maximum atomic E-state index is 13.1. The van der Waals surface area contributed by atoms with Gasteiger partial charge in [-0.15, -0.1) is 0 Å². The van der Waals surface area contributed by atoms with Crippen LogP contribution in [0.4, 0.5) is 0 Å². The average molecular weight is 578 g/mol. The number of allylic oxidation sites excluding steroid dienone is 1. The maximum Gasteiger partial charge on any atom is 0.286 e. The fraction of sp³-hybridized carbons (Fsp3) is 0.261. The van der Waals surface area contributed by atoms with Gasteiger partial charge in [-0.25, -0.2) is 0 Å². The third-order valence-electron chi connectivity index (χ3n) is 5.80. The van der Waals surface area contributed by atoms with Crippen molar-refractivity contribution in [2.75, 3.05) is 33.2 Å². The summed E-state index contributed by atoms with van der Waals surface area (Å²) in [6.07, 6.45) is 2.43. The Morgan fingerprint density at radius 3 is 2.78 bits per heavy atom. The van der Waals surface area contributed by atoms with Gasteiger partial charge < -0.3 is 9.80 Å². The Morgan fingerprint density at radius 1 is 1.19 bits per heavy atom. The molecule has 5 rings (SSSR count). The van der Waals surface area contributed by atoms with Gasteiger partial charge >= 0.3 is 0 Å². The Balaban J connectivity index is 1.54. The Bertz CT molecular complexity index is 1260. The number of nitrogens with zero attached hydrogens (tertiary/aromatic N) is 4. The summed E-state index contributed by atoms with van der Waals surface area (Å²) in [5.74, 6) is -0.157. The lowest BCUT2D eigenvalue weighted by atomic mass is 9.96. The van der Waals surface area contributed by atoms with Crippen LogP contribution < -0.4 is 0 Å². The number of likely N-dealkylation sites (N-methyl/N-ethyl adjacent to an activating group) is 1. The zero-order chi connectivity index (χ0) is 22.2. The number of nitrogens with one attached hydrogen (secondary N) is 1. The monoisotopic (exact) mass is 577 g/mol. The molecular formula is C23H21ClIN5OS. The molecule has 1 fully saturated rings. The number of hydrogen-bond donors (Lipinski definition) is 1. The van der Waals surface area contributed by atoms with E-state index in [1.807, 2.05) is 36.5 Å². The summed E-state index contributed by atoms with van der Waals surface area (Å²) in [6.45, 7) is 3.71. The molecule has 2 aliphatic heterocycles. The number of amidine groups is 1. The fourth-order valence-electron chi connectivity index (χ4n) is 3.92. The van der Waals surface area contributed by atoms with Crippen LogP contribution in [-0.4, -0.2) is 64.3 Å². The van der Waals surface area contributed by atoms with Crippen molar-refractivity contribution in [3.8, 4) is 0 Å². The van der Waals surface area contributed by atoms with E-state index in [1.165, 1.54) is 11.8 Å². The smallest absolute Gasteiger partial charge is 0.286 e. The number of piperazine rings is 1. The van der Waals surface area contributed by atoms with Crippen LogP contribution in [-0.2, 0) is 11.2 Å². The zero-order valence-corrected chi connectivity index (χ0v) is 21.2. The largest absolute Gasteiger partial charge is 0.348 e. The molecule has 0 aliphatic carbocycles. The lowest BCUT2D eigenvalue weighted by molar-refractivity contribution is -0.113. The lowest BCUT2D eigenvalue weighted by Gasteiger charge is -2.33. The highest BCUT2D eigenvalue weighted by Crippen LogP contribution is 2.38. The van der Waals surface area contributed by atoms with Crippen LogP contribution in [0.5, 0.6) is 0 Å². The summed E-state index contributed by atoms with van der Waals surface area (Å²) in [4.78, 5) is 22.8. The van der Waals surface area contributed by atoms with Gasteiger partial charge in [0.25, 0.3) is 5.91 Å². The second-order valence-electron chi connectivity index (χ2n) is 7.98. The minimum atomic E-state index is -0.157. The topological polar surface area (TPSA) is 64.6 Å². The number of fused-ring (bicyclic) bond motifs is 1. The molecule has 1 N–H and O–H groups in total. The van der Waals surface area contributed by atoms with Crippen molar-refractivity contribution in [1.82, 2.24) is 20.0 Å². The number of H-pyrrole nitrogens is 1. The Labute approximate surface area is 209 Å². The second-order valence-corrected chi connectivity index (χ2v) is 10.6. The fourth-order valence-corrected chi connectivity index (χ4v) is 6.05. The Hall–Kier alpha value is -1.88. The SMILES string of the molecule is CN1CCN(C2=NC(=O)C(=C(Cc3ccc(Cl)cc3I)c3ccc4[nH]ncc4c3)S2)CC1. The molecule has 3 aromatic rings. The zero-order valence-electron chi connectivity index (χ0n) is 17.4. The highest BCUT2D eigenvalue weighted by atomic mass is 127. The molecule has 0 saturated carbocycles. The van der Waals surface area contributed by atoms with Crippen LogP contribution in [0.1, 0.15) is 11.1 Å². The van der Waals surface area contributed by atoms with E-state index < -0.39 is 0 Å².